The summed E-state index contributed by atoms with van der Waals surface area (Å²) in [5.41, 5.74) is 1.66. The van der Waals surface area contributed by atoms with Gasteiger partial charge in [0.1, 0.15) is 11.3 Å². The molecule has 1 atom stereocenters. The van der Waals surface area contributed by atoms with Gasteiger partial charge < -0.3 is 19.6 Å². The maximum absolute atomic E-state index is 12.1. The number of benzene rings is 1. The molecule has 146 valence electrons. The van der Waals surface area contributed by atoms with Gasteiger partial charge in [-0.1, -0.05) is 13.3 Å². The molecule has 1 heterocycles. The molecule has 2 rings (SSSR count). The molecule has 0 unspecified atom stereocenters. The number of carbonyl (C=O) groups is 2. The van der Waals surface area contributed by atoms with E-state index < -0.39 is 17.7 Å². The van der Waals surface area contributed by atoms with E-state index in [4.69, 9.17) is 14.3 Å². The number of carbonyl (C=O) groups excluding carboxylic acids is 1. The molecule has 0 saturated heterocycles. The number of amides is 1. The van der Waals surface area contributed by atoms with Crippen molar-refractivity contribution in [1.82, 2.24) is 5.32 Å². The van der Waals surface area contributed by atoms with Gasteiger partial charge in [0.2, 0.25) is 0 Å². The molecule has 0 aliphatic rings. The van der Waals surface area contributed by atoms with Crippen LogP contribution in [0.4, 0.5) is 0 Å². The normalized spacial score (nSPS) is 12.0. The highest BCUT2D eigenvalue weighted by molar-refractivity contribution is 5.85. The fourth-order valence-electron chi connectivity index (χ4n) is 2.85. The van der Waals surface area contributed by atoms with E-state index in [1.54, 1.807) is 19.9 Å². The van der Waals surface area contributed by atoms with Crippen LogP contribution >= 0.6 is 0 Å². The molecule has 0 spiro atoms. The number of aryl methyl sites for hydroxylation is 2. The second kappa shape index (κ2) is 9.21. The number of hydrogen-bond donors (Lipinski definition) is 2. The predicted molar refractivity (Wildman–Crippen MR) is 101 cm³/mol. The fourth-order valence-corrected chi connectivity index (χ4v) is 2.85. The summed E-state index contributed by atoms with van der Waals surface area (Å²) in [5, 5.41) is 12.1. The highest BCUT2D eigenvalue weighted by atomic mass is 16.5. The maximum atomic E-state index is 12.1. The van der Waals surface area contributed by atoms with Crippen molar-refractivity contribution in [2.75, 3.05) is 6.54 Å². The smallest absolute Gasteiger partial charge is 0.336 e. The molecule has 0 radical (unpaired) electrons. The Kier molecular flexibility index (Phi) is 6.98. The number of aliphatic carboxylic acids is 1. The summed E-state index contributed by atoms with van der Waals surface area (Å²) < 4.78 is 11.1. The summed E-state index contributed by atoms with van der Waals surface area (Å²) in [7, 11) is 0. The van der Waals surface area contributed by atoms with Crippen LogP contribution in [0, 0.1) is 6.92 Å². The molecule has 7 heteroatoms. The molecule has 0 aliphatic carbocycles. The van der Waals surface area contributed by atoms with E-state index in [9.17, 15) is 14.4 Å². The summed E-state index contributed by atoms with van der Waals surface area (Å²) >= 11 is 0. The Morgan fingerprint density at radius 1 is 1.33 bits per heavy atom. The van der Waals surface area contributed by atoms with Crippen LogP contribution in [0.5, 0.6) is 5.75 Å². The van der Waals surface area contributed by atoms with Crippen molar-refractivity contribution in [1.29, 1.82) is 0 Å². The summed E-state index contributed by atoms with van der Waals surface area (Å²) in [6.45, 7) is 5.71. The summed E-state index contributed by atoms with van der Waals surface area (Å²) in [4.78, 5) is 34.4. The first-order valence-corrected chi connectivity index (χ1v) is 9.06. The Hall–Kier alpha value is -2.83. The molecular weight excluding hydrogens is 350 g/mol. The molecule has 0 bridgehead atoms. The lowest BCUT2D eigenvalue weighted by atomic mass is 10.0. The van der Waals surface area contributed by atoms with Crippen LogP contribution in [-0.2, 0) is 16.0 Å². The molecule has 0 fully saturated rings. The first-order chi connectivity index (χ1) is 12.8. The van der Waals surface area contributed by atoms with Gasteiger partial charge in [0.25, 0.3) is 5.91 Å². The summed E-state index contributed by atoms with van der Waals surface area (Å²) in [6, 6.07) is 5.12. The topological polar surface area (TPSA) is 106 Å². The summed E-state index contributed by atoms with van der Waals surface area (Å²) in [6.07, 6.45) is 1.27. The average Bonchev–Trinajstić information content (AvgIpc) is 2.61. The van der Waals surface area contributed by atoms with Gasteiger partial charge in [-0.3, -0.25) is 9.59 Å². The lowest BCUT2D eigenvalue weighted by Gasteiger charge is -2.17. The first-order valence-electron chi connectivity index (χ1n) is 9.06. The number of rotatable bonds is 9. The third-order valence-electron chi connectivity index (χ3n) is 4.26. The minimum Gasteiger partial charge on any atom is -0.481 e. The van der Waals surface area contributed by atoms with Crippen molar-refractivity contribution >= 4 is 22.8 Å². The Balaban J connectivity index is 2.14. The molecule has 27 heavy (non-hydrogen) atoms. The van der Waals surface area contributed by atoms with Gasteiger partial charge in [0.15, 0.2) is 6.10 Å². The molecule has 1 amide bonds. The van der Waals surface area contributed by atoms with Crippen LogP contribution in [0.1, 0.15) is 44.2 Å². The van der Waals surface area contributed by atoms with Gasteiger partial charge in [-0.25, -0.2) is 4.79 Å². The second-order valence-electron chi connectivity index (χ2n) is 6.45. The Morgan fingerprint density at radius 3 is 2.74 bits per heavy atom. The van der Waals surface area contributed by atoms with Crippen molar-refractivity contribution in [3.05, 3.63) is 39.7 Å². The lowest BCUT2D eigenvalue weighted by molar-refractivity contribution is -0.137. The van der Waals surface area contributed by atoms with Crippen LogP contribution < -0.4 is 15.7 Å². The Morgan fingerprint density at radius 2 is 2.07 bits per heavy atom. The number of hydrogen-bond acceptors (Lipinski definition) is 5. The SMILES string of the molecule is CCCc1cc(=O)oc2c(C)c(O[C@@H](C)C(=O)NCCCC(=O)O)ccc12. The van der Waals surface area contributed by atoms with E-state index in [0.29, 0.717) is 23.3 Å². The van der Waals surface area contributed by atoms with E-state index in [1.807, 2.05) is 13.0 Å². The zero-order chi connectivity index (χ0) is 20.0. The lowest BCUT2D eigenvalue weighted by Crippen LogP contribution is -2.37. The number of nitrogens with one attached hydrogen (secondary N) is 1. The molecule has 1 aromatic carbocycles. The Labute approximate surface area is 157 Å². The van der Waals surface area contributed by atoms with Gasteiger partial charge in [-0.05, 0) is 44.4 Å². The number of ether oxygens (including phenoxy) is 1. The molecule has 2 aromatic rings. The maximum Gasteiger partial charge on any atom is 0.336 e. The van der Waals surface area contributed by atoms with E-state index in [1.165, 1.54) is 6.07 Å². The molecule has 0 aliphatic heterocycles. The average molecular weight is 375 g/mol. The van der Waals surface area contributed by atoms with Crippen molar-refractivity contribution in [3.8, 4) is 5.75 Å². The van der Waals surface area contributed by atoms with Gasteiger partial charge in [-0.15, -0.1) is 0 Å². The standard InChI is InChI=1S/C20H25NO6/c1-4-6-14-11-18(24)27-19-12(2)16(9-8-15(14)19)26-13(3)20(25)21-10-5-7-17(22)23/h8-9,11,13H,4-7,10H2,1-3H3,(H,21,25)(H,22,23)/t13-/m0/s1. The van der Waals surface area contributed by atoms with E-state index >= 15 is 0 Å². The molecule has 2 N–H and O–H groups in total. The van der Waals surface area contributed by atoms with Gasteiger partial charge in [0.05, 0.1) is 0 Å². The van der Waals surface area contributed by atoms with Gasteiger partial charge in [-0.2, -0.15) is 0 Å². The first kappa shape index (κ1) is 20.5. The van der Waals surface area contributed by atoms with Crippen LogP contribution in [0.25, 0.3) is 11.0 Å². The van der Waals surface area contributed by atoms with Crippen LogP contribution in [-0.4, -0.2) is 29.6 Å². The fraction of sp³-hybridized carbons (Fsp3) is 0.450. The number of fused-ring (bicyclic) bond motifs is 1. The monoisotopic (exact) mass is 375 g/mol. The van der Waals surface area contributed by atoms with Crippen molar-refractivity contribution in [2.45, 2.75) is 52.6 Å². The Bertz CT molecular complexity index is 886. The summed E-state index contributed by atoms with van der Waals surface area (Å²) in [5.74, 6) is -0.766. The van der Waals surface area contributed by atoms with E-state index in [-0.39, 0.29) is 18.9 Å². The number of carboxylic acid groups (broad SMARTS) is 1. The van der Waals surface area contributed by atoms with Crippen molar-refractivity contribution < 1.29 is 23.8 Å². The highest BCUT2D eigenvalue weighted by Crippen LogP contribution is 2.29. The molecule has 1 aromatic heterocycles. The quantitative estimate of drug-likeness (QED) is 0.516. The van der Waals surface area contributed by atoms with E-state index in [0.717, 1.165) is 23.8 Å². The third kappa shape index (κ3) is 5.32. The van der Waals surface area contributed by atoms with Gasteiger partial charge in [0, 0.05) is 30.0 Å². The van der Waals surface area contributed by atoms with Crippen molar-refractivity contribution in [2.24, 2.45) is 0 Å². The molecule has 0 saturated carbocycles. The predicted octanol–water partition coefficient (Wildman–Crippen LogP) is 2.80. The highest BCUT2D eigenvalue weighted by Gasteiger charge is 2.18. The van der Waals surface area contributed by atoms with Crippen molar-refractivity contribution in [3.63, 3.8) is 0 Å². The third-order valence-corrected chi connectivity index (χ3v) is 4.26. The van der Waals surface area contributed by atoms with Crippen LogP contribution in [0.15, 0.2) is 27.4 Å². The van der Waals surface area contributed by atoms with Gasteiger partial charge >= 0.3 is 11.6 Å². The number of carboxylic acids is 1. The second-order valence-corrected chi connectivity index (χ2v) is 6.45. The largest absolute Gasteiger partial charge is 0.481 e. The minimum atomic E-state index is -0.899. The molecular formula is C20H25NO6. The van der Waals surface area contributed by atoms with Crippen LogP contribution in [0.2, 0.25) is 0 Å². The zero-order valence-corrected chi connectivity index (χ0v) is 15.8. The minimum absolute atomic E-state index is 0.00156. The molecule has 7 nitrogen and oxygen atoms in total. The zero-order valence-electron chi connectivity index (χ0n) is 15.8. The van der Waals surface area contributed by atoms with E-state index in [2.05, 4.69) is 5.32 Å². The van der Waals surface area contributed by atoms with Crippen LogP contribution in [0.3, 0.4) is 0 Å².